The Hall–Kier alpha value is -2.18. The molecule has 1 atom stereocenters. The molecular weight excluding hydrogens is 352 g/mol. The number of carbonyl (C=O) groups is 2. The SMILES string of the molecule is CC(OC(=O)c1cccc(S(C)(=O)=O)c1)C(=O)c1cccc(Cl)c1. The Morgan fingerprint density at radius 3 is 2.29 bits per heavy atom. The molecule has 2 aromatic carbocycles. The van der Waals surface area contributed by atoms with Crippen LogP contribution in [-0.2, 0) is 14.6 Å². The van der Waals surface area contributed by atoms with Crippen LogP contribution in [0.15, 0.2) is 53.4 Å². The number of Topliss-reactive ketones (excluding diaryl/α,β-unsaturated/α-hetero) is 1. The van der Waals surface area contributed by atoms with E-state index in [2.05, 4.69) is 0 Å². The van der Waals surface area contributed by atoms with E-state index in [0.29, 0.717) is 10.6 Å². The topological polar surface area (TPSA) is 77.5 Å². The van der Waals surface area contributed by atoms with Crippen LogP contribution in [0, 0.1) is 0 Å². The Bertz CT molecular complexity index is 889. The molecule has 5 nitrogen and oxygen atoms in total. The second-order valence-corrected chi connectivity index (χ2v) is 7.67. The Morgan fingerprint density at radius 2 is 1.67 bits per heavy atom. The van der Waals surface area contributed by atoms with E-state index in [-0.39, 0.29) is 10.5 Å². The summed E-state index contributed by atoms with van der Waals surface area (Å²) < 4.78 is 28.2. The van der Waals surface area contributed by atoms with Crippen molar-refractivity contribution in [2.75, 3.05) is 6.26 Å². The highest BCUT2D eigenvalue weighted by atomic mass is 35.5. The molecule has 0 N–H and O–H groups in total. The van der Waals surface area contributed by atoms with Crippen molar-refractivity contribution in [2.45, 2.75) is 17.9 Å². The van der Waals surface area contributed by atoms with Gasteiger partial charge in [0.05, 0.1) is 10.5 Å². The van der Waals surface area contributed by atoms with E-state index in [1.165, 1.54) is 37.3 Å². The van der Waals surface area contributed by atoms with Gasteiger partial charge in [-0.1, -0.05) is 29.8 Å². The number of sulfone groups is 1. The van der Waals surface area contributed by atoms with Crippen LogP contribution in [-0.4, -0.2) is 32.5 Å². The molecule has 0 aromatic heterocycles. The van der Waals surface area contributed by atoms with Crippen molar-refractivity contribution in [1.29, 1.82) is 0 Å². The summed E-state index contributed by atoms with van der Waals surface area (Å²) in [6.45, 7) is 1.45. The monoisotopic (exact) mass is 366 g/mol. The van der Waals surface area contributed by atoms with Gasteiger partial charge in [0.15, 0.2) is 15.9 Å². The van der Waals surface area contributed by atoms with Crippen molar-refractivity contribution < 1.29 is 22.7 Å². The van der Waals surface area contributed by atoms with Gasteiger partial charge in [0, 0.05) is 16.8 Å². The predicted octanol–water partition coefficient (Wildman–Crippen LogP) is 3.17. The number of benzene rings is 2. The summed E-state index contributed by atoms with van der Waals surface area (Å²) in [5.41, 5.74) is 0.386. The number of halogens is 1. The van der Waals surface area contributed by atoms with Gasteiger partial charge in [0.2, 0.25) is 5.78 Å². The summed E-state index contributed by atoms with van der Waals surface area (Å²) in [7, 11) is -3.44. The zero-order valence-corrected chi connectivity index (χ0v) is 14.6. The first-order chi connectivity index (χ1) is 11.2. The van der Waals surface area contributed by atoms with Crippen molar-refractivity contribution in [1.82, 2.24) is 0 Å². The Morgan fingerprint density at radius 1 is 1.04 bits per heavy atom. The molecule has 0 saturated carbocycles. The lowest BCUT2D eigenvalue weighted by Gasteiger charge is -2.13. The van der Waals surface area contributed by atoms with Crippen LogP contribution < -0.4 is 0 Å². The molecule has 0 heterocycles. The van der Waals surface area contributed by atoms with Gasteiger partial charge in [-0.25, -0.2) is 13.2 Å². The summed E-state index contributed by atoms with van der Waals surface area (Å²) in [5, 5.41) is 0.403. The highest BCUT2D eigenvalue weighted by Crippen LogP contribution is 2.16. The molecule has 0 saturated heterocycles. The largest absolute Gasteiger partial charge is 0.451 e. The zero-order valence-electron chi connectivity index (χ0n) is 13.0. The second-order valence-electron chi connectivity index (χ2n) is 5.22. The van der Waals surface area contributed by atoms with Crippen LogP contribution in [0.5, 0.6) is 0 Å². The lowest BCUT2D eigenvalue weighted by Crippen LogP contribution is -2.24. The maximum absolute atomic E-state index is 12.3. The highest BCUT2D eigenvalue weighted by molar-refractivity contribution is 7.90. The molecule has 0 bridgehead atoms. The molecule has 0 amide bonds. The lowest BCUT2D eigenvalue weighted by molar-refractivity contribution is 0.0318. The lowest BCUT2D eigenvalue weighted by atomic mass is 10.1. The Labute approximate surface area is 145 Å². The highest BCUT2D eigenvalue weighted by Gasteiger charge is 2.21. The fourth-order valence-electron chi connectivity index (χ4n) is 2.01. The maximum atomic E-state index is 12.3. The molecular formula is C17H15ClO5S. The summed E-state index contributed by atoms with van der Waals surface area (Å²) >= 11 is 5.84. The van der Waals surface area contributed by atoms with E-state index < -0.39 is 27.7 Å². The molecule has 0 spiro atoms. The second kappa shape index (κ2) is 7.15. The van der Waals surface area contributed by atoms with Crippen molar-refractivity contribution in [3.8, 4) is 0 Å². The third-order valence-corrected chi connectivity index (χ3v) is 4.61. The fraction of sp³-hybridized carbons (Fsp3) is 0.176. The molecule has 0 aliphatic heterocycles. The van der Waals surface area contributed by atoms with E-state index in [1.807, 2.05) is 0 Å². The summed E-state index contributed by atoms with van der Waals surface area (Å²) in [6.07, 6.45) is 0.0146. The normalized spacial score (nSPS) is 12.5. The van der Waals surface area contributed by atoms with Gasteiger partial charge in [0.25, 0.3) is 0 Å². The Kier molecular flexibility index (Phi) is 5.41. The first kappa shape index (κ1) is 18.2. The molecule has 0 radical (unpaired) electrons. The van der Waals surface area contributed by atoms with Crippen molar-refractivity contribution in [2.24, 2.45) is 0 Å². The summed E-state index contributed by atoms with van der Waals surface area (Å²) in [5.74, 6) is -1.17. The standard InChI is InChI=1S/C17H15ClO5S/c1-11(16(19)12-5-3-7-14(18)9-12)23-17(20)13-6-4-8-15(10-13)24(2,21)22/h3-11H,1-2H3. The summed E-state index contributed by atoms with van der Waals surface area (Å²) in [4.78, 5) is 24.4. The average molecular weight is 367 g/mol. The third kappa shape index (κ3) is 4.43. The van der Waals surface area contributed by atoms with E-state index in [4.69, 9.17) is 16.3 Å². The number of ether oxygens (including phenoxy) is 1. The molecule has 2 rings (SSSR count). The van der Waals surface area contributed by atoms with E-state index in [9.17, 15) is 18.0 Å². The van der Waals surface area contributed by atoms with Crippen molar-refractivity contribution in [3.05, 3.63) is 64.7 Å². The van der Waals surface area contributed by atoms with Gasteiger partial charge in [-0.05, 0) is 37.3 Å². The third-order valence-electron chi connectivity index (χ3n) is 3.26. The molecule has 126 valence electrons. The molecule has 2 aromatic rings. The molecule has 0 aliphatic carbocycles. The molecule has 1 unspecified atom stereocenters. The van der Waals surface area contributed by atoms with Gasteiger partial charge < -0.3 is 4.74 Å². The van der Waals surface area contributed by atoms with Crippen LogP contribution >= 0.6 is 11.6 Å². The molecule has 0 fully saturated rings. The number of ketones is 1. The zero-order chi connectivity index (χ0) is 17.9. The number of carbonyl (C=O) groups excluding carboxylic acids is 2. The average Bonchev–Trinajstić information content (AvgIpc) is 2.53. The fourth-order valence-corrected chi connectivity index (χ4v) is 2.87. The molecule has 0 aliphatic rings. The van der Waals surface area contributed by atoms with Crippen molar-refractivity contribution >= 4 is 33.2 Å². The van der Waals surface area contributed by atoms with Gasteiger partial charge in [-0.15, -0.1) is 0 Å². The number of hydrogen-bond donors (Lipinski definition) is 0. The van der Waals surface area contributed by atoms with Crippen LogP contribution in [0.25, 0.3) is 0 Å². The minimum Gasteiger partial charge on any atom is -0.451 e. The van der Waals surface area contributed by atoms with Gasteiger partial charge in [0.1, 0.15) is 0 Å². The smallest absolute Gasteiger partial charge is 0.338 e. The first-order valence-corrected chi connectivity index (χ1v) is 9.26. The molecule has 7 heteroatoms. The number of esters is 1. The van der Waals surface area contributed by atoms with Crippen molar-refractivity contribution in [3.63, 3.8) is 0 Å². The predicted molar refractivity (Wildman–Crippen MR) is 90.2 cm³/mol. The van der Waals surface area contributed by atoms with Gasteiger partial charge in [-0.2, -0.15) is 0 Å². The van der Waals surface area contributed by atoms with E-state index in [0.717, 1.165) is 6.26 Å². The van der Waals surface area contributed by atoms with Gasteiger partial charge in [-0.3, -0.25) is 4.79 Å². The van der Waals surface area contributed by atoms with Crippen LogP contribution in [0.3, 0.4) is 0 Å². The minimum atomic E-state index is -3.44. The number of hydrogen-bond acceptors (Lipinski definition) is 5. The summed E-state index contributed by atoms with van der Waals surface area (Å²) in [6, 6.07) is 11.8. The minimum absolute atomic E-state index is 0.00534. The van der Waals surface area contributed by atoms with E-state index >= 15 is 0 Å². The van der Waals surface area contributed by atoms with Crippen LogP contribution in [0.1, 0.15) is 27.6 Å². The first-order valence-electron chi connectivity index (χ1n) is 6.99. The quantitative estimate of drug-likeness (QED) is 0.600. The number of rotatable bonds is 5. The maximum Gasteiger partial charge on any atom is 0.338 e. The van der Waals surface area contributed by atoms with Crippen LogP contribution in [0.4, 0.5) is 0 Å². The molecule has 24 heavy (non-hydrogen) atoms. The van der Waals surface area contributed by atoms with Crippen LogP contribution in [0.2, 0.25) is 5.02 Å². The van der Waals surface area contributed by atoms with Gasteiger partial charge >= 0.3 is 5.97 Å². The Balaban J connectivity index is 2.16. The van der Waals surface area contributed by atoms with E-state index in [1.54, 1.807) is 18.2 Å².